The highest BCUT2D eigenvalue weighted by Gasteiger charge is 2.35. The molecular weight excluding hydrogens is 368 g/mol. The van der Waals surface area contributed by atoms with E-state index in [2.05, 4.69) is 5.32 Å². The first-order chi connectivity index (χ1) is 12.7. The summed E-state index contributed by atoms with van der Waals surface area (Å²) in [6.45, 7) is 2.63. The molecule has 1 fully saturated rings. The highest BCUT2D eigenvalue weighted by molar-refractivity contribution is 7.88. The highest BCUT2D eigenvalue weighted by Crippen LogP contribution is 2.32. The van der Waals surface area contributed by atoms with Crippen LogP contribution in [0.5, 0.6) is 0 Å². The molecule has 2 atom stereocenters. The summed E-state index contributed by atoms with van der Waals surface area (Å²) in [6, 6.07) is 7.77. The first-order valence-electron chi connectivity index (χ1n) is 8.93. The van der Waals surface area contributed by atoms with Gasteiger partial charge in [-0.15, -0.1) is 0 Å². The van der Waals surface area contributed by atoms with E-state index in [0.717, 1.165) is 16.7 Å². The van der Waals surface area contributed by atoms with E-state index in [4.69, 9.17) is 4.74 Å². The molecule has 3 rings (SSSR count). The van der Waals surface area contributed by atoms with Crippen LogP contribution in [0.4, 0.5) is 0 Å². The lowest BCUT2D eigenvalue weighted by atomic mass is 9.92. The van der Waals surface area contributed by atoms with E-state index in [1.54, 1.807) is 0 Å². The maximum atomic E-state index is 12.1. The maximum Gasteiger partial charge on any atom is 0.313 e. The fraction of sp³-hybridized carbons (Fsp3) is 0.474. The number of rotatable bonds is 5. The largest absolute Gasteiger partial charge is 0.460 e. The predicted molar refractivity (Wildman–Crippen MR) is 101 cm³/mol. The Labute approximate surface area is 159 Å². The molecule has 2 aliphatic heterocycles. The highest BCUT2D eigenvalue weighted by atomic mass is 32.2. The van der Waals surface area contributed by atoms with Gasteiger partial charge in [0.25, 0.3) is 0 Å². The van der Waals surface area contributed by atoms with Crippen LogP contribution in [-0.2, 0) is 24.3 Å². The molecular formula is C19H24N2O5S. The van der Waals surface area contributed by atoms with Crippen LogP contribution in [0.2, 0.25) is 0 Å². The van der Waals surface area contributed by atoms with Gasteiger partial charge in [-0.05, 0) is 23.1 Å². The molecule has 27 heavy (non-hydrogen) atoms. The number of ether oxygens (including phenoxy) is 1. The minimum atomic E-state index is -3.16. The number of sulfonamides is 1. The van der Waals surface area contributed by atoms with Crippen molar-refractivity contribution in [2.45, 2.75) is 31.8 Å². The normalized spacial score (nSPS) is 23.6. The van der Waals surface area contributed by atoms with Gasteiger partial charge in [-0.25, -0.2) is 8.42 Å². The second kappa shape index (κ2) is 7.82. The number of amides is 1. The van der Waals surface area contributed by atoms with Gasteiger partial charge in [0.05, 0.1) is 18.7 Å². The van der Waals surface area contributed by atoms with Crippen molar-refractivity contribution in [3.8, 4) is 0 Å². The van der Waals surface area contributed by atoms with Crippen LogP contribution in [-0.4, -0.2) is 56.6 Å². The monoisotopic (exact) mass is 392 g/mol. The number of hydrogen-bond acceptors (Lipinski definition) is 5. The van der Waals surface area contributed by atoms with Crippen LogP contribution in [0.15, 0.2) is 30.3 Å². The molecule has 1 aromatic carbocycles. The Morgan fingerprint density at radius 2 is 2.00 bits per heavy atom. The van der Waals surface area contributed by atoms with Gasteiger partial charge in [0.1, 0.15) is 6.10 Å². The van der Waals surface area contributed by atoms with Crippen LogP contribution in [0, 0.1) is 0 Å². The molecule has 1 saturated heterocycles. The second-order valence-corrected chi connectivity index (χ2v) is 8.99. The molecule has 146 valence electrons. The lowest BCUT2D eigenvalue weighted by Gasteiger charge is -2.24. The van der Waals surface area contributed by atoms with Crippen molar-refractivity contribution in [3.63, 3.8) is 0 Å². The quantitative estimate of drug-likeness (QED) is 0.762. The van der Waals surface area contributed by atoms with Gasteiger partial charge in [0, 0.05) is 26.4 Å². The van der Waals surface area contributed by atoms with Gasteiger partial charge in [-0.3, -0.25) is 9.59 Å². The number of benzene rings is 1. The Hall–Kier alpha value is -2.19. The molecule has 0 spiro atoms. The molecule has 0 radical (unpaired) electrons. The zero-order chi connectivity index (χ0) is 19.6. The standard InChI is InChI=1S/C19H24N2O5S/c1-13(22)20-12-17-11-18(19(23)26-17)16-5-3-14(4-6-16)15-7-9-21(10-8-15)27(2,24)25/h3-7,17-18H,8-12H2,1-2H3,(H,20,22)/t17?,18-/m1/s1. The first kappa shape index (κ1) is 19.6. The molecule has 2 heterocycles. The summed E-state index contributed by atoms with van der Waals surface area (Å²) >= 11 is 0. The van der Waals surface area contributed by atoms with Gasteiger partial charge in [0.2, 0.25) is 15.9 Å². The number of carbonyl (C=O) groups is 2. The Kier molecular flexibility index (Phi) is 5.67. The van der Waals surface area contributed by atoms with Crippen molar-refractivity contribution < 1.29 is 22.7 Å². The van der Waals surface area contributed by atoms with Crippen molar-refractivity contribution in [1.29, 1.82) is 0 Å². The third-order valence-corrected chi connectivity index (χ3v) is 6.24. The third kappa shape index (κ3) is 4.75. The predicted octanol–water partition coefficient (Wildman–Crippen LogP) is 1.27. The summed E-state index contributed by atoms with van der Waals surface area (Å²) in [5.41, 5.74) is 3.04. The Morgan fingerprint density at radius 1 is 1.30 bits per heavy atom. The summed E-state index contributed by atoms with van der Waals surface area (Å²) in [6.07, 6.45) is 4.07. The molecule has 8 heteroatoms. The Morgan fingerprint density at radius 3 is 2.56 bits per heavy atom. The van der Waals surface area contributed by atoms with Crippen LogP contribution < -0.4 is 5.32 Å². The van der Waals surface area contributed by atoms with Gasteiger partial charge < -0.3 is 10.1 Å². The molecule has 0 saturated carbocycles. The van der Waals surface area contributed by atoms with E-state index in [0.29, 0.717) is 32.5 Å². The molecule has 0 aromatic heterocycles. The fourth-order valence-electron chi connectivity index (χ4n) is 3.45. The van der Waals surface area contributed by atoms with E-state index in [1.807, 2.05) is 30.3 Å². The average molecular weight is 392 g/mol. The maximum absolute atomic E-state index is 12.1. The molecule has 1 unspecified atom stereocenters. The molecule has 0 bridgehead atoms. The number of hydrogen-bond donors (Lipinski definition) is 1. The van der Waals surface area contributed by atoms with E-state index in [1.165, 1.54) is 17.5 Å². The lowest BCUT2D eigenvalue weighted by molar-refractivity contribution is -0.142. The molecule has 1 aromatic rings. The van der Waals surface area contributed by atoms with Gasteiger partial charge in [-0.1, -0.05) is 30.3 Å². The fourth-order valence-corrected chi connectivity index (χ4v) is 4.22. The summed E-state index contributed by atoms with van der Waals surface area (Å²) in [5, 5.41) is 2.68. The van der Waals surface area contributed by atoms with Crippen molar-refractivity contribution in [3.05, 3.63) is 41.5 Å². The van der Waals surface area contributed by atoms with Crippen LogP contribution in [0.3, 0.4) is 0 Å². The van der Waals surface area contributed by atoms with Crippen molar-refractivity contribution in [2.75, 3.05) is 25.9 Å². The number of carbonyl (C=O) groups excluding carboxylic acids is 2. The summed E-state index contributed by atoms with van der Waals surface area (Å²) in [4.78, 5) is 23.1. The Bertz CT molecular complexity index is 861. The molecule has 1 N–H and O–H groups in total. The van der Waals surface area contributed by atoms with E-state index in [9.17, 15) is 18.0 Å². The second-order valence-electron chi connectivity index (χ2n) is 7.01. The summed E-state index contributed by atoms with van der Waals surface area (Å²) in [5.74, 6) is -0.730. The molecule has 1 amide bonds. The minimum Gasteiger partial charge on any atom is -0.460 e. The van der Waals surface area contributed by atoms with E-state index < -0.39 is 10.0 Å². The van der Waals surface area contributed by atoms with Gasteiger partial charge >= 0.3 is 5.97 Å². The zero-order valence-corrected chi connectivity index (χ0v) is 16.3. The van der Waals surface area contributed by atoms with E-state index in [-0.39, 0.29) is 23.9 Å². The molecule has 0 aliphatic carbocycles. The van der Waals surface area contributed by atoms with Crippen LogP contribution in [0.25, 0.3) is 5.57 Å². The smallest absolute Gasteiger partial charge is 0.313 e. The number of cyclic esters (lactones) is 1. The number of nitrogens with zero attached hydrogens (tertiary/aromatic N) is 1. The van der Waals surface area contributed by atoms with Crippen molar-refractivity contribution >= 4 is 27.5 Å². The number of esters is 1. The summed E-state index contributed by atoms with van der Waals surface area (Å²) in [7, 11) is -3.16. The van der Waals surface area contributed by atoms with Crippen molar-refractivity contribution in [1.82, 2.24) is 9.62 Å². The first-order valence-corrected chi connectivity index (χ1v) is 10.8. The minimum absolute atomic E-state index is 0.144. The summed E-state index contributed by atoms with van der Waals surface area (Å²) < 4.78 is 30.0. The molecule has 7 nitrogen and oxygen atoms in total. The zero-order valence-electron chi connectivity index (χ0n) is 15.5. The van der Waals surface area contributed by atoms with Gasteiger partial charge in [0.15, 0.2) is 0 Å². The van der Waals surface area contributed by atoms with Crippen LogP contribution in [0.1, 0.15) is 36.8 Å². The Balaban J connectivity index is 1.65. The third-order valence-electron chi connectivity index (χ3n) is 4.97. The van der Waals surface area contributed by atoms with E-state index >= 15 is 0 Å². The SMILES string of the molecule is CC(=O)NCC1C[C@H](c2ccc(C3=CCN(S(C)(=O)=O)CC3)cc2)C(=O)O1. The van der Waals surface area contributed by atoms with Gasteiger partial charge in [-0.2, -0.15) is 4.31 Å². The van der Waals surface area contributed by atoms with Crippen molar-refractivity contribution in [2.24, 2.45) is 0 Å². The molecule has 2 aliphatic rings. The average Bonchev–Trinajstić information content (AvgIpc) is 3.00. The number of nitrogens with one attached hydrogen (secondary N) is 1. The van der Waals surface area contributed by atoms with Crippen LogP contribution >= 0.6 is 0 Å². The lowest BCUT2D eigenvalue weighted by Crippen LogP contribution is -2.33. The topological polar surface area (TPSA) is 92.8 Å².